The van der Waals surface area contributed by atoms with E-state index < -0.39 is 18.4 Å². The highest BCUT2D eigenvalue weighted by Gasteiger charge is 2.38. The Morgan fingerprint density at radius 3 is 1.68 bits per heavy atom. The minimum atomic E-state index is -4.05. The highest BCUT2D eigenvalue weighted by Crippen LogP contribution is 2.53. The lowest BCUT2D eigenvalue weighted by Crippen LogP contribution is -2.25. The van der Waals surface area contributed by atoms with Gasteiger partial charge in [0.2, 0.25) is 0 Å². The topological polar surface area (TPSA) is 114 Å². The van der Waals surface area contributed by atoms with E-state index in [4.69, 9.17) is 22.9 Å². The number of esters is 2. The van der Waals surface area contributed by atoms with Gasteiger partial charge in [-0.25, -0.2) is 4.98 Å². The minimum Gasteiger partial charge on any atom is -0.457 e. The van der Waals surface area contributed by atoms with Crippen LogP contribution in [0, 0.1) is 23.7 Å². The Bertz CT molecular complexity index is 1630. The zero-order chi connectivity index (χ0) is 34.6. The molecule has 0 fully saturated rings. The summed E-state index contributed by atoms with van der Waals surface area (Å²) in [5, 5.41) is 2.74. The molecule has 0 saturated carbocycles. The molecule has 2 aromatic heterocycles. The number of nitrogens with zero attached hydrogens (tertiary/aromatic N) is 1. The molecule has 4 rings (SSSR count). The quantitative estimate of drug-likeness (QED) is 0.0821. The van der Waals surface area contributed by atoms with E-state index in [1.807, 2.05) is 12.3 Å². The molecule has 0 N–H and O–H groups in total. The van der Waals surface area contributed by atoms with Crippen LogP contribution in [0.3, 0.4) is 0 Å². The second kappa shape index (κ2) is 14.7. The number of hydrogen-bond donors (Lipinski definition) is 0. The number of thiazole rings is 1. The Morgan fingerprint density at radius 2 is 1.30 bits per heavy atom. The van der Waals surface area contributed by atoms with Crippen molar-refractivity contribution in [1.82, 2.24) is 4.98 Å². The van der Waals surface area contributed by atoms with Gasteiger partial charge in [0.05, 0.1) is 24.0 Å². The lowest BCUT2D eigenvalue weighted by Gasteiger charge is -2.20. The third-order valence-electron chi connectivity index (χ3n) is 7.00. The SMILES string of the molecule is Cc1c(CC(C)C)oc(-c2nccs2)c1P(=O)(OCc1ccc(OC(=O)C(C)(C)C)cc1)OCc1ccc(OC(=O)C(C)(C)C)cc1. The summed E-state index contributed by atoms with van der Waals surface area (Å²) in [7, 11) is -4.05. The zero-order valence-electron chi connectivity index (χ0n) is 28.5. The summed E-state index contributed by atoms with van der Waals surface area (Å²) in [6, 6.07) is 13.7. The third kappa shape index (κ3) is 9.51. The molecule has 0 amide bonds. The van der Waals surface area contributed by atoms with E-state index >= 15 is 0 Å². The molecule has 11 heteroatoms. The van der Waals surface area contributed by atoms with E-state index in [-0.39, 0.29) is 31.1 Å². The lowest BCUT2D eigenvalue weighted by atomic mass is 9.97. The van der Waals surface area contributed by atoms with E-state index in [2.05, 4.69) is 18.8 Å². The summed E-state index contributed by atoms with van der Waals surface area (Å²) in [5.74, 6) is 1.46. The maximum atomic E-state index is 15.0. The van der Waals surface area contributed by atoms with Gasteiger partial charge in [-0.2, -0.15) is 0 Å². The summed E-state index contributed by atoms with van der Waals surface area (Å²) in [5.41, 5.74) is 0.813. The Hall–Kier alpha value is -3.56. The number of rotatable bonds is 12. The largest absolute Gasteiger partial charge is 0.457 e. The number of hydrogen-bond acceptors (Lipinski definition) is 10. The predicted molar refractivity (Wildman–Crippen MR) is 183 cm³/mol. The molecule has 0 aliphatic carbocycles. The van der Waals surface area contributed by atoms with Crippen molar-refractivity contribution in [3.05, 3.63) is 82.6 Å². The van der Waals surface area contributed by atoms with Crippen LogP contribution in [-0.2, 0) is 42.8 Å². The number of aromatic nitrogens is 1. The van der Waals surface area contributed by atoms with Gasteiger partial charge >= 0.3 is 19.5 Å². The van der Waals surface area contributed by atoms with Gasteiger partial charge in [0, 0.05) is 23.6 Å². The standard InChI is InChI=1S/C36H44NO8PS/c1-23(2)20-29-24(3)31(30(45-29)32-37-18-19-47-32)46(40,41-21-25-10-14-27(15-11-25)43-33(38)35(4,5)6)42-22-26-12-16-28(17-13-26)44-34(39)36(7,8)9/h10-19,23H,20-22H2,1-9H3. The van der Waals surface area contributed by atoms with Crippen LogP contribution in [0.2, 0.25) is 0 Å². The van der Waals surface area contributed by atoms with Crippen LogP contribution >= 0.6 is 18.9 Å². The fraction of sp³-hybridized carbons (Fsp3) is 0.417. The molecule has 0 aliphatic heterocycles. The first-order valence-corrected chi connectivity index (χ1v) is 17.9. The fourth-order valence-electron chi connectivity index (χ4n) is 4.24. The van der Waals surface area contributed by atoms with Gasteiger partial charge in [0.15, 0.2) is 10.8 Å². The number of furan rings is 1. The monoisotopic (exact) mass is 681 g/mol. The van der Waals surface area contributed by atoms with Gasteiger partial charge in [0.1, 0.15) is 22.6 Å². The Kier molecular flexibility index (Phi) is 11.3. The van der Waals surface area contributed by atoms with Crippen molar-refractivity contribution in [2.75, 3.05) is 0 Å². The first-order valence-electron chi connectivity index (χ1n) is 15.5. The van der Waals surface area contributed by atoms with Gasteiger partial charge in [-0.3, -0.25) is 14.2 Å². The van der Waals surface area contributed by atoms with Crippen molar-refractivity contribution < 1.29 is 37.1 Å². The normalized spacial score (nSPS) is 12.4. The van der Waals surface area contributed by atoms with Crippen molar-refractivity contribution in [3.8, 4) is 22.3 Å². The molecular weight excluding hydrogens is 637 g/mol. The summed E-state index contributed by atoms with van der Waals surface area (Å²) in [6.07, 6.45) is 2.30. The molecule has 0 saturated heterocycles. The average molecular weight is 682 g/mol. The molecule has 47 heavy (non-hydrogen) atoms. The van der Waals surface area contributed by atoms with Crippen molar-refractivity contribution in [1.29, 1.82) is 0 Å². The van der Waals surface area contributed by atoms with Gasteiger partial charge < -0.3 is 22.9 Å². The highest BCUT2D eigenvalue weighted by molar-refractivity contribution is 7.62. The molecule has 0 atom stereocenters. The Labute approximate surface area is 281 Å². The van der Waals surface area contributed by atoms with Gasteiger partial charge in [-0.15, -0.1) is 11.3 Å². The average Bonchev–Trinajstić information content (AvgIpc) is 3.64. The second-order valence-corrected chi connectivity index (χ2v) is 16.7. The lowest BCUT2D eigenvalue weighted by molar-refractivity contribution is -0.143. The van der Waals surface area contributed by atoms with E-state index in [9.17, 15) is 14.2 Å². The predicted octanol–water partition coefficient (Wildman–Crippen LogP) is 9.07. The first-order chi connectivity index (χ1) is 22.0. The van der Waals surface area contributed by atoms with Crippen LogP contribution in [0.15, 0.2) is 64.5 Å². The molecule has 9 nitrogen and oxygen atoms in total. The van der Waals surface area contributed by atoms with Crippen molar-refractivity contribution >= 4 is 36.2 Å². The molecule has 0 radical (unpaired) electrons. The summed E-state index contributed by atoms with van der Waals surface area (Å²) < 4.78 is 44.7. The van der Waals surface area contributed by atoms with E-state index in [0.29, 0.717) is 56.4 Å². The fourth-order valence-corrected chi connectivity index (χ4v) is 6.84. The first kappa shape index (κ1) is 36.3. The number of ether oxygens (including phenoxy) is 2. The molecule has 0 bridgehead atoms. The zero-order valence-corrected chi connectivity index (χ0v) is 30.3. The van der Waals surface area contributed by atoms with Crippen molar-refractivity contribution in [2.24, 2.45) is 16.7 Å². The number of carbonyl (C=O) groups excluding carboxylic acids is 2. The molecule has 2 aromatic carbocycles. The summed E-state index contributed by atoms with van der Waals surface area (Å²) >= 11 is 1.37. The van der Waals surface area contributed by atoms with Crippen molar-refractivity contribution in [3.63, 3.8) is 0 Å². The molecular formula is C36H44NO8PS. The van der Waals surface area contributed by atoms with Crippen molar-refractivity contribution in [2.45, 2.75) is 81.9 Å². The highest BCUT2D eigenvalue weighted by atomic mass is 32.1. The van der Waals surface area contributed by atoms with Crippen LogP contribution in [0.5, 0.6) is 11.5 Å². The van der Waals surface area contributed by atoms with E-state index in [0.717, 1.165) is 0 Å². The Morgan fingerprint density at radius 1 is 0.830 bits per heavy atom. The molecule has 252 valence electrons. The van der Waals surface area contributed by atoms with Gasteiger partial charge in [-0.05, 0) is 89.8 Å². The Balaban J connectivity index is 1.64. The molecule has 0 aliphatic rings. The summed E-state index contributed by atoms with van der Waals surface area (Å²) in [4.78, 5) is 29.1. The van der Waals surface area contributed by atoms with Crippen LogP contribution < -0.4 is 14.8 Å². The summed E-state index contributed by atoms with van der Waals surface area (Å²) in [6.45, 7) is 16.7. The van der Waals surface area contributed by atoms with Crippen LogP contribution in [0.25, 0.3) is 10.8 Å². The second-order valence-electron chi connectivity index (χ2n) is 13.9. The number of benzene rings is 2. The van der Waals surface area contributed by atoms with Gasteiger partial charge in [0.25, 0.3) is 0 Å². The van der Waals surface area contributed by atoms with Crippen LogP contribution in [0.4, 0.5) is 0 Å². The van der Waals surface area contributed by atoms with Crippen LogP contribution in [-0.4, -0.2) is 16.9 Å². The smallest absolute Gasteiger partial charge is 0.366 e. The molecule has 4 aromatic rings. The molecule has 2 heterocycles. The maximum Gasteiger partial charge on any atom is 0.366 e. The third-order valence-corrected chi connectivity index (χ3v) is 9.80. The van der Waals surface area contributed by atoms with Gasteiger partial charge in [-0.1, -0.05) is 38.1 Å². The van der Waals surface area contributed by atoms with E-state index in [1.165, 1.54) is 11.3 Å². The molecule has 0 spiro atoms. The van der Waals surface area contributed by atoms with Crippen LogP contribution in [0.1, 0.15) is 77.8 Å². The minimum absolute atomic E-state index is 0.0477. The maximum absolute atomic E-state index is 15.0. The van der Waals surface area contributed by atoms with E-state index in [1.54, 1.807) is 96.3 Å². The molecule has 0 unspecified atom stereocenters. The number of carbonyl (C=O) groups is 2.